The summed E-state index contributed by atoms with van der Waals surface area (Å²) < 4.78 is 9.69. The summed E-state index contributed by atoms with van der Waals surface area (Å²) in [5, 5.41) is 6.84. The van der Waals surface area contributed by atoms with Crippen LogP contribution in [-0.2, 0) is 14.3 Å². The number of carbonyl (C=O) groups is 2. The first-order valence-corrected chi connectivity index (χ1v) is 11.7. The number of methoxy groups -OCH3 is 1. The number of carbonyl (C=O) groups excluding carboxylic acids is 2. The van der Waals surface area contributed by atoms with E-state index in [-0.39, 0.29) is 18.4 Å². The summed E-state index contributed by atoms with van der Waals surface area (Å²) in [6.45, 7) is 5.44. The highest BCUT2D eigenvalue weighted by molar-refractivity contribution is 8.29. The van der Waals surface area contributed by atoms with Crippen LogP contribution < -0.4 is 14.6 Å². The molecule has 2 aromatic carbocycles. The van der Waals surface area contributed by atoms with Crippen LogP contribution in [0.2, 0.25) is 0 Å². The summed E-state index contributed by atoms with van der Waals surface area (Å²) in [5.74, 6) is 0.187. The van der Waals surface area contributed by atoms with Gasteiger partial charge in [-0.25, -0.2) is 9.80 Å². The van der Waals surface area contributed by atoms with Crippen molar-refractivity contribution >= 4 is 51.7 Å². The number of thioether (sulfide) groups is 2. The molecule has 7 nitrogen and oxygen atoms in total. The fraction of sp³-hybridized carbons (Fsp3) is 0.261. The molecular formula is C23H23N3O4S2. The highest BCUT2D eigenvalue weighted by Crippen LogP contribution is 2.60. The molecule has 166 valence electrons. The van der Waals surface area contributed by atoms with E-state index in [9.17, 15) is 9.59 Å². The molecular weight excluding hydrogens is 446 g/mol. The van der Waals surface area contributed by atoms with Gasteiger partial charge in [-0.1, -0.05) is 30.0 Å². The van der Waals surface area contributed by atoms with E-state index in [0.29, 0.717) is 15.7 Å². The number of esters is 1. The number of allylic oxidation sites excluding steroid dienone is 1. The minimum absolute atomic E-state index is 0.138. The molecule has 2 aliphatic heterocycles. The van der Waals surface area contributed by atoms with Gasteiger partial charge in [-0.15, -0.1) is 0 Å². The van der Waals surface area contributed by atoms with Crippen molar-refractivity contribution in [3.63, 3.8) is 0 Å². The smallest absolute Gasteiger partial charge is 0.346 e. The van der Waals surface area contributed by atoms with Crippen LogP contribution in [0.1, 0.15) is 20.8 Å². The average molecular weight is 470 g/mol. The maximum Gasteiger partial charge on any atom is 0.346 e. The van der Waals surface area contributed by atoms with Crippen LogP contribution >= 0.6 is 23.5 Å². The predicted molar refractivity (Wildman–Crippen MR) is 130 cm³/mol. The van der Waals surface area contributed by atoms with Crippen molar-refractivity contribution in [2.45, 2.75) is 25.1 Å². The molecule has 0 amide bonds. The van der Waals surface area contributed by atoms with Gasteiger partial charge in [0.2, 0.25) is 4.33 Å². The minimum atomic E-state index is -0.941. The zero-order chi connectivity index (χ0) is 22.9. The molecule has 1 spiro atoms. The third kappa shape index (κ3) is 3.75. The molecule has 2 heterocycles. The maximum absolute atomic E-state index is 12.8. The first kappa shape index (κ1) is 22.3. The van der Waals surface area contributed by atoms with E-state index >= 15 is 0 Å². The maximum atomic E-state index is 12.8. The van der Waals surface area contributed by atoms with E-state index in [1.807, 2.05) is 66.4 Å². The van der Waals surface area contributed by atoms with Crippen LogP contribution in [0, 0.1) is 0 Å². The van der Waals surface area contributed by atoms with E-state index in [4.69, 9.17) is 9.47 Å². The van der Waals surface area contributed by atoms with Gasteiger partial charge < -0.3 is 14.4 Å². The molecule has 1 atom stereocenters. The van der Waals surface area contributed by atoms with Crippen LogP contribution in [0.4, 0.5) is 11.4 Å². The fourth-order valence-electron chi connectivity index (χ4n) is 3.52. The summed E-state index contributed by atoms with van der Waals surface area (Å²) >= 11 is 2.66. The highest BCUT2D eigenvalue weighted by atomic mass is 32.2. The number of benzene rings is 2. The lowest BCUT2D eigenvalue weighted by Gasteiger charge is -2.41. The Morgan fingerprint density at radius 1 is 1.03 bits per heavy atom. The van der Waals surface area contributed by atoms with E-state index in [0.717, 1.165) is 17.1 Å². The Kier molecular flexibility index (Phi) is 6.21. The molecule has 0 N–H and O–H groups in total. The molecule has 0 aromatic heterocycles. The summed E-state index contributed by atoms with van der Waals surface area (Å²) in [4.78, 5) is 27.7. The second-order valence-corrected chi connectivity index (χ2v) is 9.63. The normalized spacial score (nSPS) is 20.1. The van der Waals surface area contributed by atoms with Crippen molar-refractivity contribution in [2.24, 2.45) is 5.10 Å². The molecule has 4 rings (SSSR count). The van der Waals surface area contributed by atoms with E-state index < -0.39 is 4.33 Å². The van der Waals surface area contributed by atoms with Gasteiger partial charge in [0.15, 0.2) is 10.8 Å². The van der Waals surface area contributed by atoms with Crippen molar-refractivity contribution < 1.29 is 19.1 Å². The zero-order valence-corrected chi connectivity index (χ0v) is 19.8. The van der Waals surface area contributed by atoms with Gasteiger partial charge in [0, 0.05) is 18.3 Å². The van der Waals surface area contributed by atoms with Gasteiger partial charge in [0.05, 0.1) is 19.4 Å². The number of hydrogen-bond donors (Lipinski definition) is 0. The average Bonchev–Trinajstić information content (AvgIpc) is 3.32. The van der Waals surface area contributed by atoms with E-state index in [2.05, 4.69) is 5.10 Å². The first-order valence-electron chi connectivity index (χ1n) is 10.1. The van der Waals surface area contributed by atoms with E-state index in [1.54, 1.807) is 19.0 Å². The second kappa shape index (κ2) is 8.91. The Morgan fingerprint density at radius 2 is 1.72 bits per heavy atom. The van der Waals surface area contributed by atoms with E-state index in [1.165, 1.54) is 30.4 Å². The number of nitrogens with zero attached hydrogens (tertiary/aromatic N) is 3. The van der Waals surface area contributed by atoms with Crippen molar-refractivity contribution in [1.82, 2.24) is 0 Å². The SMILES string of the molecule is CCOC(=O)C1=C(C)N(c2ccccc2)[C@]2(SC(C(C)=O)=NN2c2ccc(OC)cc2)S1. The Balaban J connectivity index is 1.88. The van der Waals surface area contributed by atoms with Gasteiger partial charge in [0.25, 0.3) is 0 Å². The Bertz CT molecular complexity index is 1100. The Labute approximate surface area is 195 Å². The molecule has 0 fully saturated rings. The topological polar surface area (TPSA) is 71.4 Å². The summed E-state index contributed by atoms with van der Waals surface area (Å²) in [5.41, 5.74) is 2.38. The van der Waals surface area contributed by atoms with Crippen LogP contribution in [-0.4, -0.2) is 34.8 Å². The van der Waals surface area contributed by atoms with Crippen molar-refractivity contribution in [1.29, 1.82) is 0 Å². The molecule has 0 saturated heterocycles. The predicted octanol–water partition coefficient (Wildman–Crippen LogP) is 4.81. The number of hydrazone groups is 1. The number of Topliss-reactive ketones (excluding diaryl/α,β-unsaturated/α-hetero) is 1. The molecule has 0 aliphatic carbocycles. The number of para-hydroxylation sites is 1. The second-order valence-electron chi connectivity index (χ2n) is 7.03. The lowest BCUT2D eigenvalue weighted by molar-refractivity contribution is -0.137. The summed E-state index contributed by atoms with van der Waals surface area (Å²) in [6.07, 6.45) is 0. The van der Waals surface area contributed by atoms with Gasteiger partial charge in [-0.3, -0.25) is 4.79 Å². The summed E-state index contributed by atoms with van der Waals surface area (Å²) in [6, 6.07) is 17.2. The summed E-state index contributed by atoms with van der Waals surface area (Å²) in [7, 11) is 1.61. The van der Waals surface area contributed by atoms with Crippen molar-refractivity contribution in [3.8, 4) is 5.75 Å². The van der Waals surface area contributed by atoms with Crippen LogP contribution in [0.5, 0.6) is 5.75 Å². The number of anilines is 2. The zero-order valence-electron chi connectivity index (χ0n) is 18.2. The molecule has 32 heavy (non-hydrogen) atoms. The number of ketones is 1. The number of ether oxygens (including phenoxy) is 2. The molecule has 2 aromatic rings. The monoisotopic (exact) mass is 469 g/mol. The number of hydrogen-bond acceptors (Lipinski definition) is 9. The molecule has 0 unspecified atom stereocenters. The molecule has 9 heteroatoms. The van der Waals surface area contributed by atoms with Crippen molar-refractivity contribution in [2.75, 3.05) is 23.6 Å². The number of rotatable bonds is 6. The Morgan fingerprint density at radius 3 is 2.31 bits per heavy atom. The Hall–Kier alpha value is -2.91. The minimum Gasteiger partial charge on any atom is -0.497 e. The van der Waals surface area contributed by atoms with Crippen LogP contribution in [0.25, 0.3) is 0 Å². The largest absolute Gasteiger partial charge is 0.497 e. The first-order chi connectivity index (χ1) is 15.4. The van der Waals surface area contributed by atoms with Gasteiger partial charge in [-0.05, 0) is 62.0 Å². The third-order valence-corrected chi connectivity index (χ3v) is 7.93. The van der Waals surface area contributed by atoms with Crippen LogP contribution in [0.3, 0.4) is 0 Å². The lowest BCUT2D eigenvalue weighted by Crippen LogP contribution is -2.49. The third-order valence-electron chi connectivity index (χ3n) is 4.96. The fourth-order valence-corrected chi connectivity index (χ4v) is 6.47. The lowest BCUT2D eigenvalue weighted by atomic mass is 10.2. The van der Waals surface area contributed by atoms with Crippen LogP contribution in [0.15, 0.2) is 70.3 Å². The standard InChI is InChI=1S/C23H23N3O4S2/c1-5-30-22(28)20-15(2)25(17-9-7-6-8-10-17)23(31-20)26(24-21(32-23)16(3)27)18-11-13-19(29-4)14-12-18/h6-14H,5H2,1-4H3/t23-/m1/s1. The van der Waals surface area contributed by atoms with Crippen molar-refractivity contribution in [3.05, 3.63) is 65.2 Å². The molecule has 2 aliphatic rings. The quantitative estimate of drug-likeness (QED) is 0.558. The van der Waals surface area contributed by atoms with Gasteiger partial charge in [0.1, 0.15) is 10.7 Å². The molecule has 0 saturated carbocycles. The van der Waals surface area contributed by atoms with Gasteiger partial charge in [-0.2, -0.15) is 5.10 Å². The highest BCUT2D eigenvalue weighted by Gasteiger charge is 2.57. The molecule has 0 bridgehead atoms. The van der Waals surface area contributed by atoms with Gasteiger partial charge >= 0.3 is 5.97 Å². The molecule has 0 radical (unpaired) electrons.